The summed E-state index contributed by atoms with van der Waals surface area (Å²) in [5, 5.41) is 21.0. The number of aromatic amines is 1. The first kappa shape index (κ1) is 15.9. The SMILES string of the molecule is NS(=O)(=O)c1ccc(-c2n[nH]cc2-c2ccc(C(=O)O)cc2)cc1. The molecule has 0 fully saturated rings. The molecule has 0 aliphatic heterocycles. The van der Waals surface area contributed by atoms with Gasteiger partial charge < -0.3 is 5.11 Å². The molecule has 24 heavy (non-hydrogen) atoms. The van der Waals surface area contributed by atoms with E-state index in [9.17, 15) is 13.2 Å². The average molecular weight is 343 g/mol. The number of rotatable bonds is 4. The second kappa shape index (κ2) is 5.91. The predicted octanol–water partition coefficient (Wildman–Crippen LogP) is 2.09. The molecular weight excluding hydrogens is 330 g/mol. The summed E-state index contributed by atoms with van der Waals surface area (Å²) in [6.07, 6.45) is 1.69. The third-order valence-corrected chi connectivity index (χ3v) is 4.47. The van der Waals surface area contributed by atoms with Gasteiger partial charge in [-0.2, -0.15) is 5.10 Å². The highest BCUT2D eigenvalue weighted by Crippen LogP contribution is 2.30. The van der Waals surface area contributed by atoms with E-state index in [2.05, 4.69) is 10.2 Å². The zero-order valence-corrected chi connectivity index (χ0v) is 13.1. The molecule has 3 aromatic rings. The van der Waals surface area contributed by atoms with Crippen LogP contribution in [0, 0.1) is 0 Å². The quantitative estimate of drug-likeness (QED) is 0.668. The van der Waals surface area contributed by atoms with Crippen molar-refractivity contribution in [2.45, 2.75) is 4.90 Å². The Morgan fingerprint density at radius 2 is 1.58 bits per heavy atom. The Morgan fingerprint density at radius 1 is 1.00 bits per heavy atom. The minimum Gasteiger partial charge on any atom is -0.478 e. The highest BCUT2D eigenvalue weighted by molar-refractivity contribution is 7.89. The topological polar surface area (TPSA) is 126 Å². The van der Waals surface area contributed by atoms with Crippen LogP contribution in [0.5, 0.6) is 0 Å². The van der Waals surface area contributed by atoms with Crippen molar-refractivity contribution in [2.24, 2.45) is 5.14 Å². The van der Waals surface area contributed by atoms with Crippen LogP contribution in [0.4, 0.5) is 0 Å². The minimum atomic E-state index is -3.75. The van der Waals surface area contributed by atoms with Gasteiger partial charge in [-0.05, 0) is 29.8 Å². The van der Waals surface area contributed by atoms with Crippen molar-refractivity contribution in [1.29, 1.82) is 0 Å². The van der Waals surface area contributed by atoms with Gasteiger partial charge in [0.05, 0.1) is 16.2 Å². The summed E-state index contributed by atoms with van der Waals surface area (Å²) in [6.45, 7) is 0. The first-order valence-corrected chi connectivity index (χ1v) is 8.41. The number of aromatic carboxylic acids is 1. The van der Waals surface area contributed by atoms with Crippen LogP contribution in [0.1, 0.15) is 10.4 Å². The van der Waals surface area contributed by atoms with Crippen molar-refractivity contribution in [3.63, 3.8) is 0 Å². The molecule has 8 heteroatoms. The van der Waals surface area contributed by atoms with Crippen molar-refractivity contribution >= 4 is 16.0 Å². The first-order chi connectivity index (χ1) is 11.4. The van der Waals surface area contributed by atoms with Gasteiger partial charge in [-0.15, -0.1) is 0 Å². The number of sulfonamides is 1. The predicted molar refractivity (Wildman–Crippen MR) is 87.8 cm³/mol. The molecule has 1 heterocycles. The maximum Gasteiger partial charge on any atom is 0.335 e. The Hall–Kier alpha value is -2.97. The number of aromatic nitrogens is 2. The molecule has 0 aliphatic rings. The smallest absolute Gasteiger partial charge is 0.335 e. The Labute approximate surface area is 137 Å². The van der Waals surface area contributed by atoms with Crippen LogP contribution in [0.15, 0.2) is 59.6 Å². The lowest BCUT2D eigenvalue weighted by Gasteiger charge is -2.05. The minimum absolute atomic E-state index is 0.0224. The number of carboxylic acid groups (broad SMARTS) is 1. The molecular formula is C16H13N3O4S. The Balaban J connectivity index is 2.00. The number of carboxylic acids is 1. The highest BCUT2D eigenvalue weighted by Gasteiger charge is 2.13. The molecule has 4 N–H and O–H groups in total. The molecule has 0 aliphatic carbocycles. The summed E-state index contributed by atoms with van der Waals surface area (Å²) in [5.74, 6) is -0.993. The maximum atomic E-state index is 11.3. The van der Waals surface area contributed by atoms with E-state index in [0.717, 1.165) is 11.1 Å². The van der Waals surface area contributed by atoms with Gasteiger partial charge in [0, 0.05) is 17.3 Å². The van der Waals surface area contributed by atoms with E-state index in [4.69, 9.17) is 10.2 Å². The van der Waals surface area contributed by atoms with Crippen LogP contribution < -0.4 is 5.14 Å². The van der Waals surface area contributed by atoms with E-state index in [0.29, 0.717) is 11.3 Å². The van der Waals surface area contributed by atoms with Gasteiger partial charge >= 0.3 is 5.97 Å². The van der Waals surface area contributed by atoms with Gasteiger partial charge in [-0.1, -0.05) is 24.3 Å². The Bertz CT molecular complexity index is 991. The second-order valence-electron chi connectivity index (χ2n) is 5.10. The van der Waals surface area contributed by atoms with Crippen LogP contribution in [0.2, 0.25) is 0 Å². The van der Waals surface area contributed by atoms with Crippen molar-refractivity contribution in [1.82, 2.24) is 10.2 Å². The zero-order valence-electron chi connectivity index (χ0n) is 12.3. The molecule has 0 spiro atoms. The molecule has 0 bridgehead atoms. The Kier molecular flexibility index (Phi) is 3.92. The average Bonchev–Trinajstić information content (AvgIpc) is 3.04. The third-order valence-electron chi connectivity index (χ3n) is 3.54. The molecule has 1 aromatic heterocycles. The number of hydrogen-bond donors (Lipinski definition) is 3. The maximum absolute atomic E-state index is 11.3. The number of primary sulfonamides is 1. The number of carbonyl (C=O) groups is 1. The van der Waals surface area contributed by atoms with Gasteiger partial charge in [0.1, 0.15) is 0 Å². The van der Waals surface area contributed by atoms with E-state index in [1.54, 1.807) is 30.5 Å². The summed E-state index contributed by atoms with van der Waals surface area (Å²) in [7, 11) is -3.75. The molecule has 3 rings (SSSR count). The lowest BCUT2D eigenvalue weighted by molar-refractivity contribution is 0.0697. The standard InChI is InChI=1S/C16H13N3O4S/c17-24(22,23)13-7-5-11(6-8-13)15-14(9-18-19-15)10-1-3-12(4-2-10)16(20)21/h1-9H,(H,18,19)(H,20,21)(H2,17,22,23). The largest absolute Gasteiger partial charge is 0.478 e. The number of nitrogens with one attached hydrogen (secondary N) is 1. The van der Waals surface area contributed by atoms with Gasteiger partial charge in [0.25, 0.3) is 0 Å². The van der Waals surface area contributed by atoms with Crippen molar-refractivity contribution < 1.29 is 18.3 Å². The van der Waals surface area contributed by atoms with Crippen molar-refractivity contribution in [2.75, 3.05) is 0 Å². The van der Waals surface area contributed by atoms with E-state index in [1.165, 1.54) is 24.3 Å². The van der Waals surface area contributed by atoms with Gasteiger partial charge in [0.15, 0.2) is 0 Å². The number of H-pyrrole nitrogens is 1. The van der Waals surface area contributed by atoms with Crippen molar-refractivity contribution in [3.05, 3.63) is 60.3 Å². The summed E-state index contributed by atoms with van der Waals surface area (Å²) in [6, 6.07) is 12.5. The van der Waals surface area contributed by atoms with Gasteiger partial charge in [0.2, 0.25) is 10.0 Å². The summed E-state index contributed by atoms with van der Waals surface area (Å²) in [5.41, 5.74) is 3.09. The zero-order chi connectivity index (χ0) is 17.3. The molecule has 122 valence electrons. The van der Waals surface area contributed by atoms with Crippen LogP contribution in [0.25, 0.3) is 22.4 Å². The molecule has 0 radical (unpaired) electrons. The molecule has 0 atom stereocenters. The van der Waals surface area contributed by atoms with E-state index >= 15 is 0 Å². The van der Waals surface area contributed by atoms with Crippen LogP contribution >= 0.6 is 0 Å². The monoisotopic (exact) mass is 343 g/mol. The second-order valence-corrected chi connectivity index (χ2v) is 6.66. The van der Waals surface area contributed by atoms with Gasteiger partial charge in [-0.25, -0.2) is 18.4 Å². The number of hydrogen-bond acceptors (Lipinski definition) is 4. The summed E-state index contributed by atoms with van der Waals surface area (Å²) in [4.78, 5) is 10.9. The number of nitrogens with zero attached hydrogens (tertiary/aromatic N) is 1. The molecule has 0 unspecified atom stereocenters. The molecule has 2 aromatic carbocycles. The number of benzene rings is 2. The fraction of sp³-hybridized carbons (Fsp3) is 0. The fourth-order valence-corrected chi connectivity index (χ4v) is 2.84. The van der Waals surface area contributed by atoms with Crippen LogP contribution in [-0.4, -0.2) is 29.7 Å². The van der Waals surface area contributed by atoms with E-state index < -0.39 is 16.0 Å². The normalized spacial score (nSPS) is 11.4. The third kappa shape index (κ3) is 3.05. The Morgan fingerprint density at radius 3 is 2.12 bits per heavy atom. The summed E-state index contributed by atoms with van der Waals surface area (Å²) >= 11 is 0. The molecule has 0 amide bonds. The van der Waals surface area contributed by atoms with Crippen molar-refractivity contribution in [3.8, 4) is 22.4 Å². The lowest BCUT2D eigenvalue weighted by atomic mass is 10.0. The van der Waals surface area contributed by atoms with E-state index in [-0.39, 0.29) is 10.5 Å². The molecule has 0 saturated heterocycles. The molecule has 0 saturated carbocycles. The highest BCUT2D eigenvalue weighted by atomic mass is 32.2. The molecule has 7 nitrogen and oxygen atoms in total. The van der Waals surface area contributed by atoms with Crippen LogP contribution in [-0.2, 0) is 10.0 Å². The lowest BCUT2D eigenvalue weighted by Crippen LogP contribution is -2.11. The number of nitrogens with two attached hydrogens (primary N) is 1. The summed E-state index contributed by atoms with van der Waals surface area (Å²) < 4.78 is 22.6. The first-order valence-electron chi connectivity index (χ1n) is 6.87. The fourth-order valence-electron chi connectivity index (χ4n) is 2.32. The van der Waals surface area contributed by atoms with Crippen LogP contribution in [0.3, 0.4) is 0 Å². The van der Waals surface area contributed by atoms with Gasteiger partial charge in [-0.3, -0.25) is 5.10 Å². The van der Waals surface area contributed by atoms with E-state index in [1.807, 2.05) is 0 Å².